The van der Waals surface area contributed by atoms with Crippen LogP contribution in [0.25, 0.3) is 21.9 Å². The van der Waals surface area contributed by atoms with Crippen molar-refractivity contribution in [3.8, 4) is 16.9 Å². The molecule has 296 valence electrons. The Morgan fingerprint density at radius 3 is 2.52 bits per heavy atom. The quantitative estimate of drug-likeness (QED) is 0.299. The molecule has 1 aromatic heterocycles. The SMILES string of the molecule is C=CC1CC1(NC(=O)[C@@H]1C[C@@H]2CN1C(=O)[C@H](C(C)(C)C)NC(=O)OC/C=C/CCOc1cnn2c(=O)c1-c1cccc2ccccc12)C(=O)NS(=O)(=O)C1CC1. The number of fused-ring (bicyclic) bond motifs is 12. The number of nitrogens with zero attached hydrogens (tertiary/aromatic N) is 3. The molecule has 4 bridgehead atoms. The van der Waals surface area contributed by atoms with Crippen LogP contribution in [-0.2, 0) is 29.1 Å². The topological polar surface area (TPSA) is 195 Å². The minimum Gasteiger partial charge on any atom is -0.491 e. The van der Waals surface area contributed by atoms with Crippen molar-refractivity contribution < 1.29 is 37.1 Å². The van der Waals surface area contributed by atoms with E-state index in [1.54, 1.807) is 32.9 Å². The van der Waals surface area contributed by atoms with E-state index in [0.29, 0.717) is 24.8 Å². The van der Waals surface area contributed by atoms with Crippen molar-refractivity contribution in [3.05, 3.63) is 83.8 Å². The molecule has 15 nitrogen and oxygen atoms in total. The van der Waals surface area contributed by atoms with Gasteiger partial charge in [-0.15, -0.1) is 6.58 Å². The van der Waals surface area contributed by atoms with E-state index in [2.05, 4.69) is 27.0 Å². The first-order valence-corrected chi connectivity index (χ1v) is 20.3. The highest BCUT2D eigenvalue weighted by atomic mass is 32.2. The second-order valence-electron chi connectivity index (χ2n) is 15.9. The summed E-state index contributed by atoms with van der Waals surface area (Å²) < 4.78 is 40.4. The van der Waals surface area contributed by atoms with Gasteiger partial charge >= 0.3 is 6.09 Å². The summed E-state index contributed by atoms with van der Waals surface area (Å²) in [7, 11) is -3.94. The Hall–Kier alpha value is -5.51. The smallest absolute Gasteiger partial charge is 0.408 e. The number of carbonyl (C=O) groups excluding carboxylic acids is 4. The molecule has 3 aliphatic heterocycles. The van der Waals surface area contributed by atoms with Gasteiger partial charge in [-0.2, -0.15) is 5.10 Å². The number of sulfonamides is 1. The molecule has 5 aliphatic rings. The fourth-order valence-corrected chi connectivity index (χ4v) is 8.90. The van der Waals surface area contributed by atoms with Gasteiger partial charge in [0.1, 0.15) is 24.2 Å². The van der Waals surface area contributed by atoms with Crippen molar-refractivity contribution in [2.75, 3.05) is 19.8 Å². The van der Waals surface area contributed by atoms with E-state index in [1.807, 2.05) is 42.5 Å². The Kier molecular flexibility index (Phi) is 10.3. The van der Waals surface area contributed by atoms with E-state index in [9.17, 15) is 32.4 Å². The van der Waals surface area contributed by atoms with Crippen LogP contribution in [0.5, 0.6) is 5.75 Å². The average Bonchev–Trinajstić information content (AvgIpc) is 4.09. The second kappa shape index (κ2) is 14.9. The molecule has 3 N–H and O–H groups in total. The van der Waals surface area contributed by atoms with Gasteiger partial charge in [-0.1, -0.05) is 81.5 Å². The maximum absolute atomic E-state index is 14.7. The van der Waals surface area contributed by atoms with Crippen molar-refractivity contribution in [1.82, 2.24) is 30.0 Å². The number of aromatic nitrogens is 2. The largest absolute Gasteiger partial charge is 0.491 e. The van der Waals surface area contributed by atoms with Crippen LogP contribution in [0.15, 0.2) is 78.3 Å². The van der Waals surface area contributed by atoms with E-state index in [4.69, 9.17) is 9.47 Å². The molecular weight excluding hydrogens is 741 g/mol. The zero-order valence-corrected chi connectivity index (χ0v) is 32.3. The van der Waals surface area contributed by atoms with Gasteiger partial charge in [0.2, 0.25) is 21.8 Å². The number of hydrogen-bond donors (Lipinski definition) is 3. The summed E-state index contributed by atoms with van der Waals surface area (Å²) in [6, 6.07) is 9.97. The average molecular weight is 787 g/mol. The van der Waals surface area contributed by atoms with Gasteiger partial charge in [-0.25, -0.2) is 17.9 Å². The number of nitrogens with one attached hydrogen (secondary N) is 3. The highest BCUT2D eigenvalue weighted by molar-refractivity contribution is 7.91. The van der Waals surface area contributed by atoms with Gasteiger partial charge in [0.05, 0.1) is 29.7 Å². The molecule has 2 saturated carbocycles. The molecule has 2 aromatic carbocycles. The van der Waals surface area contributed by atoms with E-state index >= 15 is 0 Å². The Morgan fingerprint density at radius 2 is 1.80 bits per heavy atom. The zero-order chi connectivity index (χ0) is 40.0. The third kappa shape index (κ3) is 7.53. The molecule has 0 spiro atoms. The van der Waals surface area contributed by atoms with E-state index in [1.165, 1.54) is 21.9 Å². The summed E-state index contributed by atoms with van der Waals surface area (Å²) in [5, 5.41) is 11.0. The fraction of sp³-hybridized carbons (Fsp3) is 0.450. The summed E-state index contributed by atoms with van der Waals surface area (Å²) in [6.07, 6.45) is 6.81. The summed E-state index contributed by atoms with van der Waals surface area (Å²) in [5.41, 5.74) is -2.11. The van der Waals surface area contributed by atoms with Crippen LogP contribution in [0.4, 0.5) is 4.79 Å². The molecular formula is C40H46N6O9S. The molecule has 2 aliphatic carbocycles. The van der Waals surface area contributed by atoms with Crippen molar-refractivity contribution >= 4 is 44.6 Å². The molecule has 4 amide bonds. The standard InChI is InChI=1S/C40H46N6O9S/c1-5-25-21-40(25,37(50)44-56(52,53)27-16-17-27)43-34(47)30-20-26-23-45(30)36(49)33(39(2,3)4)42-38(51)55-19-10-6-9-18-54-31-22-41-46(26)35(48)32(31)29-15-11-13-24-12-7-8-14-28(24)29/h5-8,10-15,22,25-27,30,33H,1,9,16-21,23H2,2-4H3,(H,42,51)(H,43,47)(H,44,50)/b10-6+/t25?,26-,30+,33-,40?/m1/s1. The van der Waals surface area contributed by atoms with Gasteiger partial charge in [0.25, 0.3) is 11.5 Å². The molecule has 56 heavy (non-hydrogen) atoms. The van der Waals surface area contributed by atoms with Crippen LogP contribution in [0.2, 0.25) is 0 Å². The Morgan fingerprint density at radius 1 is 1.05 bits per heavy atom. The van der Waals surface area contributed by atoms with Crippen molar-refractivity contribution in [1.29, 1.82) is 0 Å². The first kappa shape index (κ1) is 38.8. The molecule has 8 rings (SSSR count). The van der Waals surface area contributed by atoms with Crippen molar-refractivity contribution in [2.24, 2.45) is 11.3 Å². The van der Waals surface area contributed by atoms with Gasteiger partial charge in [-0.3, -0.25) is 23.9 Å². The van der Waals surface area contributed by atoms with E-state index in [-0.39, 0.29) is 43.9 Å². The predicted octanol–water partition coefficient (Wildman–Crippen LogP) is 3.35. The Balaban J connectivity index is 1.30. The summed E-state index contributed by atoms with van der Waals surface area (Å²) in [5.74, 6) is -2.57. The first-order valence-electron chi connectivity index (χ1n) is 18.8. The number of hydrogen-bond acceptors (Lipinski definition) is 10. The van der Waals surface area contributed by atoms with Gasteiger partial charge in [0.15, 0.2) is 5.75 Å². The number of alkyl carbamates (subject to hydrolysis) is 1. The lowest BCUT2D eigenvalue weighted by atomic mass is 9.85. The lowest BCUT2D eigenvalue weighted by molar-refractivity contribution is -0.142. The number of rotatable bonds is 7. The maximum Gasteiger partial charge on any atom is 0.408 e. The van der Waals surface area contributed by atoms with Gasteiger partial charge in [-0.05, 0) is 47.4 Å². The molecule has 3 fully saturated rings. The monoisotopic (exact) mass is 786 g/mol. The molecule has 0 radical (unpaired) electrons. The predicted molar refractivity (Wildman–Crippen MR) is 207 cm³/mol. The molecule has 4 heterocycles. The van der Waals surface area contributed by atoms with E-state index in [0.717, 1.165) is 10.8 Å². The third-order valence-electron chi connectivity index (χ3n) is 10.9. The minimum absolute atomic E-state index is 0.0857. The van der Waals surface area contributed by atoms with Gasteiger partial charge in [0, 0.05) is 18.9 Å². The normalized spacial score (nSPS) is 26.2. The number of ether oxygens (including phenoxy) is 2. The number of carbonyl (C=O) groups is 4. The van der Waals surface area contributed by atoms with Crippen molar-refractivity contribution in [2.45, 2.75) is 81.8 Å². The van der Waals surface area contributed by atoms with E-state index < -0.39 is 79.6 Å². The highest BCUT2D eigenvalue weighted by Gasteiger charge is 2.62. The van der Waals surface area contributed by atoms with Crippen LogP contribution in [0, 0.1) is 11.3 Å². The summed E-state index contributed by atoms with van der Waals surface area (Å²) in [4.78, 5) is 71.7. The first-order chi connectivity index (χ1) is 26.6. The third-order valence-corrected chi connectivity index (χ3v) is 12.7. The lowest BCUT2D eigenvalue weighted by Gasteiger charge is -2.35. The lowest BCUT2D eigenvalue weighted by Crippen LogP contribution is -2.60. The van der Waals surface area contributed by atoms with Crippen LogP contribution < -0.4 is 25.7 Å². The summed E-state index contributed by atoms with van der Waals surface area (Å²) in [6.45, 7) is 8.98. The second-order valence-corrected chi connectivity index (χ2v) is 17.8. The van der Waals surface area contributed by atoms with Crippen LogP contribution in [0.3, 0.4) is 0 Å². The van der Waals surface area contributed by atoms with Crippen LogP contribution in [0.1, 0.15) is 58.9 Å². The molecule has 16 heteroatoms. The van der Waals surface area contributed by atoms with Crippen molar-refractivity contribution in [3.63, 3.8) is 0 Å². The number of amides is 4. The molecule has 1 saturated heterocycles. The summed E-state index contributed by atoms with van der Waals surface area (Å²) >= 11 is 0. The molecule has 2 unspecified atom stereocenters. The number of benzene rings is 2. The van der Waals surface area contributed by atoms with Gasteiger partial charge < -0.3 is 25.0 Å². The Labute approximate surface area is 324 Å². The maximum atomic E-state index is 14.7. The van der Waals surface area contributed by atoms with Crippen LogP contribution in [-0.4, -0.2) is 89.5 Å². The Bertz CT molecular complexity index is 2290. The molecule has 3 aromatic rings. The fourth-order valence-electron chi connectivity index (χ4n) is 7.54. The molecule has 5 atom stereocenters. The highest BCUT2D eigenvalue weighted by Crippen LogP contribution is 2.46. The minimum atomic E-state index is -3.94. The zero-order valence-electron chi connectivity index (χ0n) is 31.5. The van der Waals surface area contributed by atoms with Crippen LogP contribution >= 0.6 is 0 Å².